The number of anilines is 1. The van der Waals surface area contributed by atoms with E-state index in [0.717, 1.165) is 5.01 Å². The van der Waals surface area contributed by atoms with Gasteiger partial charge in [-0.25, -0.2) is 18.4 Å². The minimum Gasteiger partial charge on any atom is -0.481 e. The van der Waals surface area contributed by atoms with Crippen LogP contribution in [0.2, 0.25) is 0 Å². The number of carboxylic acid groups (broad SMARTS) is 1. The third-order valence-electron chi connectivity index (χ3n) is 5.31. The summed E-state index contributed by atoms with van der Waals surface area (Å²) in [5, 5.41) is 28.5. The Labute approximate surface area is 207 Å². The first-order valence-corrected chi connectivity index (χ1v) is 14.2. The van der Waals surface area contributed by atoms with E-state index in [2.05, 4.69) is 20.8 Å². The lowest BCUT2D eigenvalue weighted by Crippen LogP contribution is -2.74. The maximum atomic E-state index is 12.7. The molecule has 2 saturated heterocycles. The van der Waals surface area contributed by atoms with E-state index in [4.69, 9.17) is 5.14 Å². The molecule has 2 aliphatic rings. The molecule has 0 radical (unpaired) electrons. The molecule has 16 heteroatoms. The fourth-order valence-corrected chi connectivity index (χ4v) is 7.67. The molecule has 0 spiro atoms. The van der Waals surface area contributed by atoms with Crippen LogP contribution in [-0.4, -0.2) is 76.0 Å². The van der Waals surface area contributed by atoms with Crippen molar-refractivity contribution in [3.05, 3.63) is 29.3 Å². The first kappa shape index (κ1) is 24.7. The number of benzene rings is 1. The lowest BCUT2D eigenvalue weighted by molar-refractivity contribution is -0.155. The van der Waals surface area contributed by atoms with Gasteiger partial charge in [-0.1, -0.05) is 23.1 Å². The molecular weight excluding hydrogens is 525 g/mol. The Morgan fingerprint density at radius 3 is 2.62 bits per heavy atom. The monoisotopic (exact) mass is 544 g/mol. The van der Waals surface area contributed by atoms with Gasteiger partial charge in [0.25, 0.3) is 0 Å². The van der Waals surface area contributed by atoms with E-state index in [9.17, 15) is 27.9 Å². The molecule has 4 rings (SSSR count). The second kappa shape index (κ2) is 9.33. The van der Waals surface area contributed by atoms with Gasteiger partial charge in [-0.05, 0) is 31.2 Å². The summed E-state index contributed by atoms with van der Waals surface area (Å²) in [4.78, 5) is 38.5. The predicted octanol–water partition coefficient (Wildman–Crippen LogP) is 0.762. The Hall–Kier alpha value is -2.40. The number of urea groups is 1. The molecule has 0 saturated carbocycles. The van der Waals surface area contributed by atoms with Crippen LogP contribution >= 0.6 is 34.9 Å². The summed E-state index contributed by atoms with van der Waals surface area (Å²) in [6.45, 7) is 1.86. The van der Waals surface area contributed by atoms with E-state index >= 15 is 0 Å². The number of amides is 3. The number of β-lactam (4-membered cyclic amide) rings is 1. The van der Waals surface area contributed by atoms with E-state index in [1.165, 1.54) is 64.0 Å². The number of aromatic nitrogens is 2. The van der Waals surface area contributed by atoms with Gasteiger partial charge < -0.3 is 20.6 Å². The van der Waals surface area contributed by atoms with Gasteiger partial charge in [-0.15, -0.1) is 22.0 Å². The molecule has 12 nitrogen and oxygen atoms in total. The average Bonchev–Trinajstić information content (AvgIpc) is 3.20. The zero-order valence-electron chi connectivity index (χ0n) is 17.6. The van der Waals surface area contributed by atoms with Crippen LogP contribution in [0, 0.1) is 12.3 Å². The fourth-order valence-electron chi connectivity index (χ4n) is 3.48. The van der Waals surface area contributed by atoms with Gasteiger partial charge in [-0.3, -0.25) is 9.59 Å². The molecule has 1 aromatic heterocycles. The molecule has 2 aliphatic heterocycles. The number of carboxylic acids is 1. The van der Waals surface area contributed by atoms with E-state index in [1.807, 2.05) is 6.92 Å². The highest BCUT2D eigenvalue weighted by molar-refractivity contribution is 8.01. The van der Waals surface area contributed by atoms with Crippen LogP contribution in [0.4, 0.5) is 10.5 Å². The van der Waals surface area contributed by atoms with Crippen LogP contribution in [0.15, 0.2) is 33.5 Å². The number of fused-ring (bicyclic) bond motifs is 1. The summed E-state index contributed by atoms with van der Waals surface area (Å²) in [6, 6.07) is 3.83. The van der Waals surface area contributed by atoms with E-state index < -0.39 is 33.5 Å². The van der Waals surface area contributed by atoms with Crippen molar-refractivity contribution in [2.75, 3.05) is 23.4 Å². The number of hydrogen-bond donors (Lipinski definition) is 4. The van der Waals surface area contributed by atoms with Gasteiger partial charge in [0, 0.05) is 23.7 Å². The summed E-state index contributed by atoms with van der Waals surface area (Å²) >= 11 is 4.00. The number of thioether (sulfide) groups is 2. The summed E-state index contributed by atoms with van der Waals surface area (Å²) in [5.41, 5.74) is -0.821. The maximum absolute atomic E-state index is 12.7. The molecule has 3 heterocycles. The highest BCUT2D eigenvalue weighted by Gasteiger charge is 2.57. The smallest absolute Gasteiger partial charge is 0.319 e. The van der Waals surface area contributed by atoms with E-state index in [1.54, 1.807) is 0 Å². The number of nitrogens with two attached hydrogens (primary N) is 1. The maximum Gasteiger partial charge on any atom is 0.319 e. The van der Waals surface area contributed by atoms with Gasteiger partial charge in [-0.2, -0.15) is 0 Å². The number of rotatable bonds is 7. The largest absolute Gasteiger partial charge is 0.481 e. The molecule has 3 amide bonds. The Balaban J connectivity index is 1.35. The highest BCUT2D eigenvalue weighted by Crippen LogP contribution is 2.44. The fraction of sp³-hybridized carbons (Fsp3) is 0.389. The normalized spacial score (nSPS) is 24.2. The number of nitrogens with one attached hydrogen (secondary N) is 2. The third-order valence-corrected chi connectivity index (χ3v) is 10.1. The van der Waals surface area contributed by atoms with Crippen LogP contribution in [0.3, 0.4) is 0 Å². The SMILES string of the molecule is Cc1nnc(SCC2(C(=O)O)CS[C@@H]3C(NC(=O)Nc4ccc(S(N)(=O)=O)cc4)C(=O)N3C2)s1. The molecule has 2 unspecified atom stereocenters. The molecule has 34 heavy (non-hydrogen) atoms. The van der Waals surface area contributed by atoms with Crippen LogP contribution in [0.1, 0.15) is 5.01 Å². The minimum absolute atomic E-state index is 0.0401. The van der Waals surface area contributed by atoms with Crippen molar-refractivity contribution in [3.63, 3.8) is 0 Å². The Morgan fingerprint density at radius 2 is 2.03 bits per heavy atom. The topological polar surface area (TPSA) is 185 Å². The van der Waals surface area contributed by atoms with Crippen molar-refractivity contribution in [1.29, 1.82) is 0 Å². The number of aryl methyl sites for hydroxylation is 1. The average molecular weight is 545 g/mol. The third kappa shape index (κ3) is 5.00. The van der Waals surface area contributed by atoms with Crippen LogP contribution in [-0.2, 0) is 19.6 Å². The van der Waals surface area contributed by atoms with Gasteiger partial charge in [0.1, 0.15) is 21.8 Å². The standard InChI is InChI=1S/C18H20N6O6S4/c1-9-22-23-17(33-9)32-8-18(15(26)27)6-24-13(25)12(14(24)31-7-18)21-16(28)20-10-2-4-11(5-3-10)34(19,29)30/h2-5,12,14H,6-8H2,1H3,(H,26,27)(H2,19,29,30)(H2,20,21,28)/t12?,14-,18?/m1/s1. The van der Waals surface area contributed by atoms with Crippen molar-refractivity contribution in [2.45, 2.75) is 27.6 Å². The number of primary sulfonamides is 1. The van der Waals surface area contributed by atoms with Crippen molar-refractivity contribution in [3.8, 4) is 0 Å². The van der Waals surface area contributed by atoms with Crippen molar-refractivity contribution < 1.29 is 27.9 Å². The first-order chi connectivity index (χ1) is 16.0. The second-order valence-corrected chi connectivity index (χ2v) is 12.8. The lowest BCUT2D eigenvalue weighted by atomic mass is 9.89. The van der Waals surface area contributed by atoms with Crippen LogP contribution in [0.5, 0.6) is 0 Å². The van der Waals surface area contributed by atoms with Gasteiger partial charge in [0.15, 0.2) is 4.34 Å². The summed E-state index contributed by atoms with van der Waals surface area (Å²) < 4.78 is 23.3. The number of nitrogens with zero attached hydrogens (tertiary/aromatic N) is 3. The van der Waals surface area contributed by atoms with Gasteiger partial charge in [0.05, 0.1) is 4.90 Å². The predicted molar refractivity (Wildman–Crippen MR) is 127 cm³/mol. The Bertz CT molecular complexity index is 1240. The quantitative estimate of drug-likeness (QED) is 0.286. The number of sulfonamides is 1. The number of carbonyl (C=O) groups is 3. The van der Waals surface area contributed by atoms with E-state index in [0.29, 0.717) is 10.0 Å². The van der Waals surface area contributed by atoms with Crippen molar-refractivity contribution >= 4 is 68.5 Å². The molecule has 2 fully saturated rings. The number of hydrogen-bond acceptors (Lipinski definition) is 10. The zero-order valence-corrected chi connectivity index (χ0v) is 20.9. The van der Waals surface area contributed by atoms with E-state index in [-0.39, 0.29) is 34.2 Å². The van der Waals surface area contributed by atoms with Crippen molar-refractivity contribution in [1.82, 2.24) is 20.4 Å². The Morgan fingerprint density at radius 1 is 1.32 bits per heavy atom. The first-order valence-electron chi connectivity index (χ1n) is 9.77. The molecular formula is C18H20N6O6S4. The molecule has 3 atom stereocenters. The van der Waals surface area contributed by atoms with Crippen molar-refractivity contribution in [2.24, 2.45) is 10.6 Å². The van der Waals surface area contributed by atoms with Gasteiger partial charge >= 0.3 is 12.0 Å². The minimum atomic E-state index is -3.85. The van der Waals surface area contributed by atoms with Gasteiger partial charge in [0.2, 0.25) is 15.9 Å². The summed E-state index contributed by atoms with van der Waals surface area (Å²) in [7, 11) is -3.85. The zero-order chi connectivity index (χ0) is 24.7. The van der Waals surface area contributed by atoms with Crippen LogP contribution in [0.25, 0.3) is 0 Å². The Kier molecular flexibility index (Phi) is 6.78. The molecule has 5 N–H and O–H groups in total. The van der Waals surface area contributed by atoms with Crippen LogP contribution < -0.4 is 15.8 Å². The second-order valence-electron chi connectivity index (χ2n) is 7.77. The molecule has 182 valence electrons. The molecule has 2 aromatic rings. The number of carbonyl (C=O) groups excluding carboxylic acids is 2. The summed E-state index contributed by atoms with van der Waals surface area (Å²) in [6.07, 6.45) is 0. The molecule has 0 aliphatic carbocycles. The number of aliphatic carboxylic acids is 1. The highest BCUT2D eigenvalue weighted by atomic mass is 32.2. The lowest BCUT2D eigenvalue weighted by Gasteiger charge is -2.53. The summed E-state index contributed by atoms with van der Waals surface area (Å²) in [5.74, 6) is -0.833. The molecule has 1 aromatic carbocycles. The molecule has 0 bridgehead atoms.